The zero-order valence-corrected chi connectivity index (χ0v) is 13.3. The van der Waals surface area contributed by atoms with E-state index in [2.05, 4.69) is 4.99 Å². The van der Waals surface area contributed by atoms with E-state index < -0.39 is 0 Å². The monoisotopic (exact) mass is 344 g/mol. The molecule has 0 aromatic heterocycles. The van der Waals surface area contributed by atoms with E-state index in [-0.39, 0.29) is 10.6 Å². The Morgan fingerprint density at radius 1 is 1.17 bits per heavy atom. The third-order valence-electron chi connectivity index (χ3n) is 3.98. The molecular formula is C17H10Cl2N2O2. The van der Waals surface area contributed by atoms with Gasteiger partial charge < -0.3 is 9.67 Å². The smallest absolute Gasteiger partial charge is 0.189 e. The molecule has 114 valence electrons. The van der Waals surface area contributed by atoms with Gasteiger partial charge in [-0.15, -0.1) is 0 Å². The van der Waals surface area contributed by atoms with Crippen LogP contribution in [0.4, 0.5) is 5.69 Å². The lowest BCUT2D eigenvalue weighted by Crippen LogP contribution is -2.31. The molecule has 2 aliphatic heterocycles. The number of halogens is 2. The zero-order valence-electron chi connectivity index (χ0n) is 11.8. The summed E-state index contributed by atoms with van der Waals surface area (Å²) in [6, 6.07) is 10.4. The van der Waals surface area contributed by atoms with E-state index in [4.69, 9.17) is 23.2 Å². The second-order valence-corrected chi connectivity index (χ2v) is 6.14. The Kier molecular flexibility index (Phi) is 3.18. The summed E-state index contributed by atoms with van der Waals surface area (Å²) in [7, 11) is 0. The first-order chi connectivity index (χ1) is 11.1. The Balaban J connectivity index is 2.16. The minimum absolute atomic E-state index is 0.222. The lowest BCUT2D eigenvalue weighted by molar-refractivity contribution is 0.540. The number of aliphatic hydroxyl groups excluding tert-OH is 1. The van der Waals surface area contributed by atoms with Crippen molar-refractivity contribution in [3.63, 3.8) is 0 Å². The quantitative estimate of drug-likeness (QED) is 0.533. The maximum Gasteiger partial charge on any atom is 0.189 e. The molecule has 0 bridgehead atoms. The Labute approximate surface area is 140 Å². The lowest BCUT2D eigenvalue weighted by atomic mass is 10.1. The Bertz CT molecular complexity index is 1100. The topological polar surface area (TPSA) is 54.6 Å². The van der Waals surface area contributed by atoms with Crippen molar-refractivity contribution in [1.82, 2.24) is 4.57 Å². The standard InChI is InChI=1S/C17H10Cl2N2O2/c18-12-2-1-3-14-11(12)7-21-15-5-10(8-22)16(23)6-9(15)4-13(19)17(21)20-14/h1-6,8,22H,7H2/b10-8-. The van der Waals surface area contributed by atoms with Crippen molar-refractivity contribution in [3.05, 3.63) is 72.9 Å². The van der Waals surface area contributed by atoms with Gasteiger partial charge in [0.15, 0.2) is 10.9 Å². The van der Waals surface area contributed by atoms with E-state index >= 15 is 0 Å². The number of hydrogen-bond donors (Lipinski definition) is 1. The van der Waals surface area contributed by atoms with E-state index in [1.54, 1.807) is 12.1 Å². The number of pyridine rings is 1. The van der Waals surface area contributed by atoms with Crippen molar-refractivity contribution < 1.29 is 5.11 Å². The highest BCUT2D eigenvalue weighted by atomic mass is 35.5. The summed E-state index contributed by atoms with van der Waals surface area (Å²) in [5.41, 5.74) is 3.49. The van der Waals surface area contributed by atoms with Crippen molar-refractivity contribution >= 4 is 35.2 Å². The molecule has 0 fully saturated rings. The van der Waals surface area contributed by atoms with Crippen LogP contribution in [0, 0.1) is 0 Å². The van der Waals surface area contributed by atoms with Gasteiger partial charge in [0.25, 0.3) is 0 Å². The summed E-state index contributed by atoms with van der Waals surface area (Å²) in [6.45, 7) is 0.494. The number of nitrogens with zero attached hydrogens (tertiary/aromatic N) is 2. The molecule has 1 aliphatic carbocycles. The Morgan fingerprint density at radius 3 is 2.78 bits per heavy atom. The molecule has 1 aromatic carbocycles. The average molecular weight is 345 g/mol. The Morgan fingerprint density at radius 2 is 2.00 bits per heavy atom. The summed E-state index contributed by atoms with van der Waals surface area (Å²) >= 11 is 12.6. The Hall–Kier alpha value is -2.30. The molecule has 0 radical (unpaired) electrons. The molecule has 23 heavy (non-hydrogen) atoms. The molecule has 0 spiro atoms. The van der Waals surface area contributed by atoms with Crippen LogP contribution in [0.1, 0.15) is 5.56 Å². The fourth-order valence-electron chi connectivity index (χ4n) is 2.85. The van der Waals surface area contributed by atoms with Crippen LogP contribution in [0.2, 0.25) is 10.0 Å². The van der Waals surface area contributed by atoms with Crippen molar-refractivity contribution in [2.45, 2.75) is 6.54 Å². The van der Waals surface area contributed by atoms with E-state index in [1.165, 1.54) is 6.07 Å². The second-order valence-electron chi connectivity index (χ2n) is 5.33. The zero-order chi connectivity index (χ0) is 16.1. The minimum Gasteiger partial charge on any atom is -0.515 e. The van der Waals surface area contributed by atoms with Crippen molar-refractivity contribution in [1.29, 1.82) is 0 Å². The maximum absolute atomic E-state index is 11.9. The largest absolute Gasteiger partial charge is 0.515 e. The van der Waals surface area contributed by atoms with Gasteiger partial charge in [-0.2, -0.15) is 0 Å². The third kappa shape index (κ3) is 2.14. The van der Waals surface area contributed by atoms with E-state index in [0.29, 0.717) is 27.6 Å². The molecule has 1 aromatic rings. The first-order valence-electron chi connectivity index (χ1n) is 6.92. The van der Waals surface area contributed by atoms with Crippen LogP contribution in [0.5, 0.6) is 0 Å². The summed E-state index contributed by atoms with van der Waals surface area (Å²) in [5, 5.41) is 10.5. The third-order valence-corrected chi connectivity index (χ3v) is 4.61. The predicted molar refractivity (Wildman–Crippen MR) is 90.4 cm³/mol. The second kappa shape index (κ2) is 5.11. The molecular weight excluding hydrogens is 335 g/mol. The van der Waals surface area contributed by atoms with Crippen LogP contribution in [-0.4, -0.2) is 9.67 Å². The van der Waals surface area contributed by atoms with Gasteiger partial charge in [-0.3, -0.25) is 4.79 Å². The number of aromatic nitrogens is 1. The molecule has 0 saturated carbocycles. The first kappa shape index (κ1) is 14.3. The molecule has 3 aliphatic rings. The van der Waals surface area contributed by atoms with E-state index in [9.17, 15) is 9.90 Å². The number of aliphatic hydroxyl groups is 1. The van der Waals surface area contributed by atoms with Crippen molar-refractivity contribution in [3.8, 4) is 11.3 Å². The van der Waals surface area contributed by atoms with Gasteiger partial charge in [-0.25, -0.2) is 4.99 Å². The summed E-state index contributed by atoms with van der Waals surface area (Å²) in [4.78, 5) is 16.5. The summed E-state index contributed by atoms with van der Waals surface area (Å²) in [6.07, 6.45) is 0.810. The summed E-state index contributed by atoms with van der Waals surface area (Å²) < 4.78 is 1.90. The predicted octanol–water partition coefficient (Wildman–Crippen LogP) is 2.87. The van der Waals surface area contributed by atoms with Gasteiger partial charge in [0.05, 0.1) is 34.4 Å². The number of rotatable bonds is 0. The van der Waals surface area contributed by atoms with Crippen molar-refractivity contribution in [2.75, 3.05) is 0 Å². The molecule has 4 rings (SSSR count). The van der Waals surface area contributed by atoms with Gasteiger partial charge >= 0.3 is 0 Å². The van der Waals surface area contributed by atoms with Crippen LogP contribution < -0.4 is 16.1 Å². The molecule has 4 nitrogen and oxygen atoms in total. The molecule has 0 unspecified atom stereocenters. The average Bonchev–Trinajstić information content (AvgIpc) is 2.54. The molecule has 0 atom stereocenters. The van der Waals surface area contributed by atoms with Crippen LogP contribution in [0.15, 0.2) is 46.2 Å². The molecule has 0 saturated heterocycles. The number of fused-ring (bicyclic) bond motifs is 4. The fourth-order valence-corrected chi connectivity index (χ4v) is 3.34. The van der Waals surface area contributed by atoms with Gasteiger partial charge in [-0.05, 0) is 30.3 Å². The van der Waals surface area contributed by atoms with Crippen LogP contribution in [0.3, 0.4) is 0 Å². The normalized spacial score (nSPS) is 13.6. The highest BCUT2D eigenvalue weighted by Crippen LogP contribution is 2.32. The highest BCUT2D eigenvalue weighted by Gasteiger charge is 2.19. The van der Waals surface area contributed by atoms with Crippen LogP contribution in [0.25, 0.3) is 17.5 Å². The van der Waals surface area contributed by atoms with Crippen LogP contribution >= 0.6 is 23.2 Å². The molecule has 6 heteroatoms. The van der Waals surface area contributed by atoms with Gasteiger partial charge in [-0.1, -0.05) is 29.3 Å². The van der Waals surface area contributed by atoms with Crippen molar-refractivity contribution in [2.24, 2.45) is 4.99 Å². The van der Waals surface area contributed by atoms with Gasteiger partial charge in [0.1, 0.15) is 0 Å². The van der Waals surface area contributed by atoms with Crippen LogP contribution in [-0.2, 0) is 6.54 Å². The first-order valence-corrected chi connectivity index (χ1v) is 7.68. The SMILES string of the molecule is O=c1cc2cc(Cl)c3n(c-2c/c1=C/O)Cc1c(Cl)cccc1N=3. The minimum atomic E-state index is -0.261. The lowest BCUT2D eigenvalue weighted by Gasteiger charge is -2.22. The summed E-state index contributed by atoms with van der Waals surface area (Å²) in [5.74, 6) is 0. The van der Waals surface area contributed by atoms with Gasteiger partial charge in [0, 0.05) is 16.1 Å². The van der Waals surface area contributed by atoms with E-state index in [1.807, 2.05) is 22.8 Å². The highest BCUT2D eigenvalue weighted by molar-refractivity contribution is 6.32. The molecule has 0 amide bonds. The maximum atomic E-state index is 11.9. The van der Waals surface area contributed by atoms with E-state index in [0.717, 1.165) is 23.2 Å². The molecule has 1 N–H and O–H groups in total. The fraction of sp³-hybridized carbons (Fsp3) is 0.0588. The number of hydrogen-bond acceptors (Lipinski definition) is 3. The number of benzene rings is 2. The van der Waals surface area contributed by atoms with Gasteiger partial charge in [0.2, 0.25) is 0 Å². The molecule has 2 heterocycles.